The van der Waals surface area contributed by atoms with Crippen LogP contribution in [-0.2, 0) is 0 Å². The minimum atomic E-state index is -0.894. The first kappa shape index (κ1) is 3.56. The van der Waals surface area contributed by atoms with Crippen LogP contribution < -0.4 is 0 Å². The number of rotatable bonds is 0. The predicted molar refractivity (Wildman–Crippen MR) is 31.9 cm³/mol. The van der Waals surface area contributed by atoms with Gasteiger partial charge in [0.1, 0.15) is 5.82 Å². The molecular weight excluding hydrogens is 173 g/mol. The molecule has 0 fully saturated rings. The topological polar surface area (TPSA) is 12.9 Å². The second kappa shape index (κ2) is 2.22. The number of nitrogens with zero attached hydrogens (tertiary/aromatic N) is 1. The Bertz CT molecular complexity index is 239. The summed E-state index contributed by atoms with van der Waals surface area (Å²) in [5.74, 6) is -0.894. The molecule has 8 heavy (non-hydrogen) atoms. The Balaban J connectivity index is 3.34. The first-order valence-corrected chi connectivity index (χ1v) is 2.69. The van der Waals surface area contributed by atoms with Crippen LogP contribution in [-0.4, -0.2) is 4.98 Å². The van der Waals surface area contributed by atoms with Crippen molar-refractivity contribution in [1.82, 2.24) is 4.98 Å². The maximum Gasteiger partial charge on any atom is 0.142 e. The molecule has 0 N–H and O–H groups in total. The molecular formula is C5H3BrFN. The third kappa shape index (κ3) is 1.26. The smallest absolute Gasteiger partial charge is 0.142 e. The average Bonchev–Trinajstić information content (AvgIpc) is 1.93. The van der Waals surface area contributed by atoms with Crippen LogP contribution in [0.4, 0.5) is 4.39 Å². The van der Waals surface area contributed by atoms with E-state index in [-0.39, 0.29) is 10.5 Å². The second-order valence-electron chi connectivity index (χ2n) is 1.16. The lowest BCUT2D eigenvalue weighted by Crippen LogP contribution is -1.74. The largest absolute Gasteiger partial charge is 0.260 e. The van der Waals surface area contributed by atoms with Gasteiger partial charge in [-0.1, -0.05) is 0 Å². The van der Waals surface area contributed by atoms with E-state index in [2.05, 4.69) is 20.9 Å². The van der Waals surface area contributed by atoms with Crippen molar-refractivity contribution in [2.75, 3.05) is 0 Å². The summed E-state index contributed by atoms with van der Waals surface area (Å²) < 4.78 is 26.6. The van der Waals surface area contributed by atoms with Gasteiger partial charge in [-0.3, -0.25) is 4.98 Å². The molecule has 0 aliphatic rings. The van der Waals surface area contributed by atoms with Crippen molar-refractivity contribution in [3.8, 4) is 0 Å². The van der Waals surface area contributed by atoms with E-state index in [0.717, 1.165) is 0 Å². The van der Waals surface area contributed by atoms with Crippen LogP contribution >= 0.6 is 15.9 Å². The Morgan fingerprint density at radius 1 is 1.88 bits per heavy atom. The van der Waals surface area contributed by atoms with Gasteiger partial charge in [0.15, 0.2) is 0 Å². The van der Waals surface area contributed by atoms with Crippen molar-refractivity contribution in [1.29, 1.82) is 0 Å². The highest BCUT2D eigenvalue weighted by Crippen LogP contribution is 2.06. The van der Waals surface area contributed by atoms with Crippen LogP contribution in [0, 0.1) is 5.82 Å². The molecule has 0 bridgehead atoms. The van der Waals surface area contributed by atoms with E-state index >= 15 is 0 Å². The monoisotopic (exact) mass is 177 g/mol. The van der Waals surface area contributed by atoms with Gasteiger partial charge in [0.05, 0.1) is 8.91 Å². The summed E-state index contributed by atoms with van der Waals surface area (Å²) in [4.78, 5) is 3.36. The molecule has 0 atom stereocenters. The lowest BCUT2D eigenvalue weighted by molar-refractivity contribution is 0.620. The highest BCUT2D eigenvalue weighted by atomic mass is 79.9. The van der Waals surface area contributed by atoms with E-state index in [9.17, 15) is 4.39 Å². The molecule has 1 aromatic rings. The van der Waals surface area contributed by atoms with E-state index in [1.165, 1.54) is 6.20 Å². The second-order valence-corrected chi connectivity index (χ2v) is 2.01. The Morgan fingerprint density at radius 2 is 2.62 bits per heavy atom. The van der Waals surface area contributed by atoms with Crippen LogP contribution in [0.3, 0.4) is 0 Å². The number of hydrogen-bond donors (Lipinski definition) is 0. The summed E-state index contributed by atoms with van der Waals surface area (Å²) in [5.41, 5.74) is 0. The Labute approximate surface area is 57.5 Å². The SMILES string of the molecule is [2H]c1ncc(Br)c([2H])c1F. The summed E-state index contributed by atoms with van der Waals surface area (Å²) >= 11 is 2.91. The number of halogens is 2. The fraction of sp³-hybridized carbons (Fsp3) is 0. The van der Waals surface area contributed by atoms with Crippen molar-refractivity contribution in [3.63, 3.8) is 0 Å². The van der Waals surface area contributed by atoms with Crippen LogP contribution in [0.25, 0.3) is 0 Å². The molecule has 0 radical (unpaired) electrons. The zero-order valence-electron chi connectivity index (χ0n) is 5.78. The molecule has 0 amide bonds. The van der Waals surface area contributed by atoms with Gasteiger partial charge in [-0.15, -0.1) is 0 Å². The lowest BCUT2D eigenvalue weighted by atomic mass is 10.5. The maximum absolute atomic E-state index is 12.5. The lowest BCUT2D eigenvalue weighted by Gasteiger charge is -1.85. The standard InChI is InChI=1S/C5H3BrFN/c6-4-1-5(7)3-8-2-4/h1-3H/i1D,3D. The molecule has 0 spiro atoms. The van der Waals surface area contributed by atoms with E-state index in [4.69, 9.17) is 2.74 Å². The van der Waals surface area contributed by atoms with Gasteiger partial charge in [-0.25, -0.2) is 4.39 Å². The average molecular weight is 178 g/mol. The quantitative estimate of drug-likeness (QED) is 0.591. The van der Waals surface area contributed by atoms with Gasteiger partial charge in [0, 0.05) is 10.7 Å². The molecule has 1 rings (SSSR count). The van der Waals surface area contributed by atoms with Crippen LogP contribution in [0.1, 0.15) is 2.74 Å². The first-order valence-electron chi connectivity index (χ1n) is 2.90. The molecule has 1 aromatic heterocycles. The molecule has 0 aliphatic carbocycles. The summed E-state index contributed by atoms with van der Waals surface area (Å²) in [6, 6.07) is -0.319. The van der Waals surface area contributed by atoms with Crippen LogP contribution in [0.5, 0.6) is 0 Å². The molecule has 0 unspecified atom stereocenters. The van der Waals surface area contributed by atoms with Crippen molar-refractivity contribution < 1.29 is 7.13 Å². The van der Waals surface area contributed by atoms with Crippen LogP contribution in [0.2, 0.25) is 0 Å². The third-order valence-corrected chi connectivity index (χ3v) is 0.973. The highest BCUT2D eigenvalue weighted by molar-refractivity contribution is 9.10. The van der Waals surface area contributed by atoms with E-state index in [0.29, 0.717) is 0 Å². The fourth-order valence-electron chi connectivity index (χ4n) is 0.311. The summed E-state index contributed by atoms with van der Waals surface area (Å²) in [6.45, 7) is 0. The molecule has 42 valence electrons. The van der Waals surface area contributed by atoms with Gasteiger partial charge in [0.25, 0.3) is 0 Å². The Morgan fingerprint density at radius 3 is 3.25 bits per heavy atom. The van der Waals surface area contributed by atoms with Crippen molar-refractivity contribution in [2.45, 2.75) is 0 Å². The molecule has 1 heterocycles. The summed E-state index contributed by atoms with van der Waals surface area (Å²) in [5, 5.41) is 0. The van der Waals surface area contributed by atoms with E-state index in [1.54, 1.807) is 0 Å². The molecule has 3 heteroatoms. The third-order valence-electron chi connectivity index (χ3n) is 0.570. The number of pyridine rings is 1. The fourth-order valence-corrected chi connectivity index (χ4v) is 0.587. The van der Waals surface area contributed by atoms with Gasteiger partial charge in [0.2, 0.25) is 0 Å². The number of hydrogen-bond acceptors (Lipinski definition) is 1. The molecule has 0 saturated heterocycles. The van der Waals surface area contributed by atoms with Crippen molar-refractivity contribution >= 4 is 15.9 Å². The summed E-state index contributed by atoms with van der Waals surface area (Å²) in [7, 11) is 0. The van der Waals surface area contributed by atoms with Crippen molar-refractivity contribution in [3.05, 3.63) is 28.7 Å². The molecule has 1 nitrogen and oxygen atoms in total. The van der Waals surface area contributed by atoms with Gasteiger partial charge in [-0.2, -0.15) is 0 Å². The molecule has 0 saturated carbocycles. The van der Waals surface area contributed by atoms with E-state index < -0.39 is 12.0 Å². The Kier molecular flexibility index (Phi) is 0.987. The van der Waals surface area contributed by atoms with Gasteiger partial charge >= 0.3 is 0 Å². The summed E-state index contributed by atoms with van der Waals surface area (Å²) in [6.07, 6.45) is 0.738. The predicted octanol–water partition coefficient (Wildman–Crippen LogP) is 1.98. The highest BCUT2D eigenvalue weighted by Gasteiger charge is 1.87. The van der Waals surface area contributed by atoms with Crippen LogP contribution in [0.15, 0.2) is 22.9 Å². The maximum atomic E-state index is 12.5. The normalized spacial score (nSPS) is 12.8. The zero-order chi connectivity index (χ0) is 7.72. The van der Waals surface area contributed by atoms with Gasteiger partial charge < -0.3 is 0 Å². The van der Waals surface area contributed by atoms with E-state index in [1.807, 2.05) is 0 Å². The van der Waals surface area contributed by atoms with Crippen molar-refractivity contribution in [2.24, 2.45) is 0 Å². The minimum Gasteiger partial charge on any atom is -0.260 e. The first-order chi connectivity index (χ1) is 4.63. The number of aromatic nitrogens is 1. The molecule has 0 aliphatic heterocycles. The molecule has 0 aromatic carbocycles. The zero-order valence-corrected chi connectivity index (χ0v) is 5.37. The minimum absolute atomic E-state index is 0.265. The van der Waals surface area contributed by atoms with Gasteiger partial charge in [-0.05, 0) is 22.0 Å². The Hall–Kier alpha value is -0.440.